The topological polar surface area (TPSA) is 109 Å². The Balaban J connectivity index is 1.54. The Hall–Kier alpha value is -2.03. The van der Waals surface area contributed by atoms with Crippen LogP contribution in [0.1, 0.15) is 25.6 Å². The van der Waals surface area contributed by atoms with Gasteiger partial charge in [-0.05, 0) is 5.56 Å². The Morgan fingerprint density at radius 3 is 2.71 bits per heavy atom. The maximum absolute atomic E-state index is 13.0. The number of hydrogen-bond donors (Lipinski definition) is 1. The highest BCUT2D eigenvalue weighted by molar-refractivity contribution is 7.48. The van der Waals surface area contributed by atoms with E-state index in [1.807, 2.05) is 44.2 Å². The Kier molecular flexibility index (Phi) is 4.89. The molecule has 0 spiro atoms. The van der Waals surface area contributed by atoms with Crippen LogP contribution in [0.15, 0.2) is 52.2 Å². The summed E-state index contributed by atoms with van der Waals surface area (Å²) in [6.45, 7) is 3.77. The molecule has 2 aliphatic heterocycles. The summed E-state index contributed by atoms with van der Waals surface area (Å²) in [6.07, 6.45) is -0.499. The second kappa shape index (κ2) is 7.09. The number of fused-ring (bicyclic) bond motifs is 1. The number of H-pyrrole nitrogens is 1. The lowest BCUT2D eigenvalue weighted by Gasteiger charge is -2.36. The molecule has 28 heavy (non-hydrogen) atoms. The number of rotatable bonds is 4. The molecule has 0 saturated carbocycles. The van der Waals surface area contributed by atoms with Gasteiger partial charge in [0.05, 0.1) is 13.2 Å². The van der Waals surface area contributed by atoms with Gasteiger partial charge in [0.1, 0.15) is 18.4 Å². The van der Waals surface area contributed by atoms with E-state index in [1.54, 1.807) is 0 Å². The molecule has 1 unspecified atom stereocenters. The van der Waals surface area contributed by atoms with Gasteiger partial charge in [-0.15, -0.1) is 0 Å². The van der Waals surface area contributed by atoms with Gasteiger partial charge >= 0.3 is 13.5 Å². The summed E-state index contributed by atoms with van der Waals surface area (Å²) in [4.78, 5) is 25.7. The summed E-state index contributed by atoms with van der Waals surface area (Å²) in [5.41, 5.74) is -0.976. The average molecular weight is 408 g/mol. The number of hydrogen-bond acceptors (Lipinski definition) is 7. The van der Waals surface area contributed by atoms with Crippen LogP contribution < -0.4 is 11.2 Å². The fourth-order valence-corrected chi connectivity index (χ4v) is 5.05. The van der Waals surface area contributed by atoms with Gasteiger partial charge in [0.25, 0.3) is 5.56 Å². The number of nitrogens with zero attached hydrogens (tertiary/aromatic N) is 1. The van der Waals surface area contributed by atoms with Crippen molar-refractivity contribution >= 4 is 7.82 Å². The van der Waals surface area contributed by atoms with Crippen molar-refractivity contribution in [2.75, 3.05) is 6.61 Å². The molecule has 2 aliphatic rings. The first-order valence-corrected chi connectivity index (χ1v) is 10.3. The SMILES string of the molecule is CC1(C)[C@@H]2OP(=O)(OCc3ccccc3)OC[C@H]2O[C@H]1n1ccc(=O)[nH]c1=O. The van der Waals surface area contributed by atoms with E-state index in [9.17, 15) is 14.2 Å². The highest BCUT2D eigenvalue weighted by atomic mass is 31.2. The fourth-order valence-electron chi connectivity index (χ4n) is 3.53. The molecule has 0 radical (unpaired) electrons. The molecule has 0 bridgehead atoms. The standard InChI is InChI=1S/C18H21N2O7P/c1-18(2)15-13(26-16(18)20-9-8-14(21)19-17(20)22)11-25-28(23,27-15)24-10-12-6-4-3-5-7-12/h3-9,13,15-16H,10-11H2,1-2H3,(H,19,21,22)/t13-,15-,16-,28?/m1/s1. The highest BCUT2D eigenvalue weighted by Gasteiger charge is 2.58. The van der Waals surface area contributed by atoms with Crippen LogP contribution in [-0.4, -0.2) is 28.4 Å². The minimum absolute atomic E-state index is 0.00870. The van der Waals surface area contributed by atoms with E-state index in [0.717, 1.165) is 5.56 Å². The van der Waals surface area contributed by atoms with Gasteiger partial charge in [-0.1, -0.05) is 44.2 Å². The highest BCUT2D eigenvalue weighted by Crippen LogP contribution is 2.61. The van der Waals surface area contributed by atoms with Gasteiger partial charge in [0.2, 0.25) is 0 Å². The molecule has 0 amide bonds. The summed E-state index contributed by atoms with van der Waals surface area (Å²) in [6, 6.07) is 10.5. The molecular formula is C18H21N2O7P. The second-order valence-corrected chi connectivity index (χ2v) is 9.02. The zero-order valence-corrected chi connectivity index (χ0v) is 16.3. The summed E-state index contributed by atoms with van der Waals surface area (Å²) >= 11 is 0. The Labute approximate surface area is 160 Å². The Bertz CT molecular complexity index is 1020. The Morgan fingerprint density at radius 1 is 1.25 bits per heavy atom. The number of phosphoric acid groups is 1. The average Bonchev–Trinajstić information content (AvgIpc) is 2.91. The van der Waals surface area contributed by atoms with Crippen LogP contribution in [0, 0.1) is 5.41 Å². The van der Waals surface area contributed by atoms with Gasteiger partial charge in [-0.2, -0.15) is 0 Å². The molecule has 2 fully saturated rings. The van der Waals surface area contributed by atoms with E-state index < -0.39 is 42.9 Å². The van der Waals surface area contributed by atoms with E-state index in [4.69, 9.17) is 18.3 Å². The summed E-state index contributed by atoms with van der Waals surface area (Å²) in [7, 11) is -3.79. The molecule has 1 aromatic heterocycles. The molecule has 1 aromatic carbocycles. The molecule has 4 rings (SSSR count). The van der Waals surface area contributed by atoms with Crippen LogP contribution in [0.5, 0.6) is 0 Å². The van der Waals surface area contributed by atoms with Crippen molar-refractivity contribution in [3.05, 3.63) is 69.0 Å². The maximum atomic E-state index is 13.0. The lowest BCUT2D eigenvalue weighted by atomic mass is 9.84. The van der Waals surface area contributed by atoms with Crippen LogP contribution >= 0.6 is 7.82 Å². The lowest BCUT2D eigenvalue weighted by molar-refractivity contribution is -0.0731. The van der Waals surface area contributed by atoms with Gasteiger partial charge in [0, 0.05) is 17.7 Å². The van der Waals surface area contributed by atoms with Crippen molar-refractivity contribution < 1.29 is 22.9 Å². The number of nitrogens with one attached hydrogen (secondary N) is 1. The van der Waals surface area contributed by atoms with Gasteiger partial charge in [0.15, 0.2) is 0 Å². The smallest absolute Gasteiger partial charge is 0.349 e. The molecule has 1 N–H and O–H groups in total. The predicted octanol–water partition coefficient (Wildman–Crippen LogP) is 2.20. The number of ether oxygens (including phenoxy) is 1. The van der Waals surface area contributed by atoms with Crippen molar-refractivity contribution in [3.63, 3.8) is 0 Å². The molecule has 4 atom stereocenters. The number of aromatic nitrogens is 2. The second-order valence-electron chi connectivity index (χ2n) is 7.39. The van der Waals surface area contributed by atoms with E-state index in [1.165, 1.54) is 16.8 Å². The van der Waals surface area contributed by atoms with Gasteiger partial charge in [-0.25, -0.2) is 9.36 Å². The minimum Gasteiger partial charge on any atom is -0.349 e. The van der Waals surface area contributed by atoms with Crippen LogP contribution in [-0.2, 0) is 29.5 Å². The van der Waals surface area contributed by atoms with Gasteiger partial charge in [-0.3, -0.25) is 27.9 Å². The van der Waals surface area contributed by atoms with Crippen LogP contribution in [0.2, 0.25) is 0 Å². The van der Waals surface area contributed by atoms with E-state index in [2.05, 4.69) is 4.98 Å². The summed E-state index contributed by atoms with van der Waals surface area (Å²) in [5, 5.41) is 0. The fraction of sp³-hybridized carbons (Fsp3) is 0.444. The molecule has 10 heteroatoms. The van der Waals surface area contributed by atoms with Crippen molar-refractivity contribution in [1.29, 1.82) is 0 Å². The molecular weight excluding hydrogens is 387 g/mol. The van der Waals surface area contributed by atoms with Crippen LogP contribution in [0.25, 0.3) is 0 Å². The molecule has 3 heterocycles. The lowest BCUT2D eigenvalue weighted by Crippen LogP contribution is -2.42. The molecule has 2 saturated heterocycles. The van der Waals surface area contributed by atoms with E-state index >= 15 is 0 Å². The van der Waals surface area contributed by atoms with Crippen molar-refractivity contribution in [2.24, 2.45) is 5.41 Å². The monoisotopic (exact) mass is 408 g/mol. The Morgan fingerprint density at radius 2 is 2.00 bits per heavy atom. The molecule has 150 valence electrons. The molecule has 9 nitrogen and oxygen atoms in total. The zero-order chi connectivity index (χ0) is 19.9. The summed E-state index contributed by atoms with van der Waals surface area (Å²) < 4.78 is 36.8. The van der Waals surface area contributed by atoms with Crippen molar-refractivity contribution in [1.82, 2.24) is 9.55 Å². The van der Waals surface area contributed by atoms with Gasteiger partial charge < -0.3 is 4.74 Å². The third-order valence-electron chi connectivity index (χ3n) is 4.99. The van der Waals surface area contributed by atoms with Crippen LogP contribution in [0.4, 0.5) is 0 Å². The third kappa shape index (κ3) is 3.52. The van der Waals surface area contributed by atoms with E-state index in [0.29, 0.717) is 0 Å². The minimum atomic E-state index is -3.79. The normalized spacial score (nSPS) is 31.4. The van der Waals surface area contributed by atoms with Crippen molar-refractivity contribution in [2.45, 2.75) is 38.9 Å². The third-order valence-corrected chi connectivity index (χ3v) is 6.38. The first-order valence-electron chi connectivity index (χ1n) is 8.87. The molecule has 0 aliphatic carbocycles. The number of aromatic amines is 1. The first-order chi connectivity index (χ1) is 13.3. The largest absolute Gasteiger partial charge is 0.475 e. The van der Waals surface area contributed by atoms with Crippen LogP contribution in [0.3, 0.4) is 0 Å². The predicted molar refractivity (Wildman–Crippen MR) is 98.7 cm³/mol. The summed E-state index contributed by atoms with van der Waals surface area (Å²) in [5.74, 6) is 0. The number of benzene rings is 1. The molecule has 2 aromatic rings. The van der Waals surface area contributed by atoms with Crippen molar-refractivity contribution in [3.8, 4) is 0 Å². The maximum Gasteiger partial charge on any atom is 0.475 e. The number of phosphoric ester groups is 1. The van der Waals surface area contributed by atoms with E-state index in [-0.39, 0.29) is 13.2 Å². The first kappa shape index (κ1) is 19.3. The quantitative estimate of drug-likeness (QED) is 0.773. The zero-order valence-electron chi connectivity index (χ0n) is 15.4.